The lowest BCUT2D eigenvalue weighted by molar-refractivity contribution is -0.141. The highest BCUT2D eigenvalue weighted by Gasteiger charge is 2.16. The molecule has 0 aromatic heterocycles. The zero-order chi connectivity index (χ0) is 14.1. The molecule has 0 saturated carbocycles. The number of carbonyl (C=O) groups is 1. The summed E-state index contributed by atoms with van der Waals surface area (Å²) in [5.74, 6) is -1.17. The monoisotopic (exact) mass is 274 g/mol. The van der Waals surface area contributed by atoms with Crippen molar-refractivity contribution >= 4 is 5.97 Å². The number of hydrogen-bond donors (Lipinski definition) is 2. The van der Waals surface area contributed by atoms with Gasteiger partial charge in [0.2, 0.25) is 0 Å². The Balaban J connectivity index is 2.22. The highest BCUT2D eigenvalue weighted by molar-refractivity contribution is 5.69. The van der Waals surface area contributed by atoms with Crippen LogP contribution >= 0.6 is 0 Å². The van der Waals surface area contributed by atoms with Crippen LogP contribution in [-0.4, -0.2) is 85.1 Å². The van der Waals surface area contributed by atoms with E-state index in [0.29, 0.717) is 13.1 Å². The summed E-state index contributed by atoms with van der Waals surface area (Å²) in [6, 6.07) is 0. The molecule has 112 valence electrons. The second-order valence-corrected chi connectivity index (χ2v) is 5.07. The molecule has 1 aliphatic rings. The third-order valence-corrected chi connectivity index (χ3v) is 3.42. The Morgan fingerprint density at radius 1 is 1.37 bits per heavy atom. The van der Waals surface area contributed by atoms with Gasteiger partial charge in [0, 0.05) is 26.2 Å². The van der Waals surface area contributed by atoms with Gasteiger partial charge in [0.15, 0.2) is 0 Å². The molecule has 0 amide bonds. The van der Waals surface area contributed by atoms with Gasteiger partial charge in [-0.3, -0.25) is 9.69 Å². The summed E-state index contributed by atoms with van der Waals surface area (Å²) in [5, 5.41) is 17.9. The fourth-order valence-corrected chi connectivity index (χ4v) is 2.24. The molecule has 2 N–H and O–H groups in total. The van der Waals surface area contributed by atoms with Crippen molar-refractivity contribution in [1.29, 1.82) is 0 Å². The van der Waals surface area contributed by atoms with Crippen LogP contribution in [-0.2, 0) is 9.53 Å². The van der Waals surface area contributed by atoms with Gasteiger partial charge in [-0.25, -0.2) is 0 Å². The molecular weight excluding hydrogens is 248 g/mol. The lowest BCUT2D eigenvalue weighted by Crippen LogP contribution is -2.39. The second-order valence-electron chi connectivity index (χ2n) is 5.07. The molecule has 1 rings (SSSR count). The number of rotatable bonds is 9. The molecule has 1 fully saturated rings. The maximum absolute atomic E-state index is 10.8. The summed E-state index contributed by atoms with van der Waals surface area (Å²) in [4.78, 5) is 15.2. The lowest BCUT2D eigenvalue weighted by atomic mass is 10.1. The van der Waals surface area contributed by atoms with Crippen LogP contribution in [0.2, 0.25) is 0 Å². The molecule has 6 heteroatoms. The topological polar surface area (TPSA) is 73.2 Å². The van der Waals surface area contributed by atoms with Gasteiger partial charge in [-0.15, -0.1) is 0 Å². The second kappa shape index (κ2) is 9.25. The van der Waals surface area contributed by atoms with Gasteiger partial charge in [-0.1, -0.05) is 6.92 Å². The molecule has 19 heavy (non-hydrogen) atoms. The predicted octanol–water partition coefficient (Wildman–Crippen LogP) is -0.276. The number of carboxylic acid groups (broad SMARTS) is 1. The van der Waals surface area contributed by atoms with Crippen LogP contribution in [0.15, 0.2) is 0 Å². The Labute approximate surface area is 114 Å². The molecule has 0 spiro atoms. The maximum Gasteiger partial charge on any atom is 0.307 e. The zero-order valence-electron chi connectivity index (χ0n) is 11.8. The van der Waals surface area contributed by atoms with E-state index in [-0.39, 0.29) is 6.61 Å². The van der Waals surface area contributed by atoms with E-state index in [2.05, 4.69) is 4.90 Å². The Morgan fingerprint density at radius 2 is 2.05 bits per heavy atom. The zero-order valence-corrected chi connectivity index (χ0v) is 11.8. The molecule has 0 radical (unpaired) electrons. The van der Waals surface area contributed by atoms with Crippen molar-refractivity contribution in [3.05, 3.63) is 0 Å². The van der Waals surface area contributed by atoms with Crippen LogP contribution in [0.4, 0.5) is 0 Å². The van der Waals surface area contributed by atoms with Crippen LogP contribution < -0.4 is 0 Å². The standard InChI is InChI=1S/C13H26N2O4/c1-12(13(17)18)11-15(5-8-16)4-2-3-14-6-9-19-10-7-14/h12,16H,2-11H2,1H3,(H,17,18). The largest absolute Gasteiger partial charge is 0.481 e. The average molecular weight is 274 g/mol. The molecule has 0 bridgehead atoms. The Morgan fingerprint density at radius 3 is 2.63 bits per heavy atom. The van der Waals surface area contributed by atoms with Gasteiger partial charge in [0.1, 0.15) is 0 Å². The van der Waals surface area contributed by atoms with Crippen molar-refractivity contribution in [2.75, 3.05) is 59.1 Å². The predicted molar refractivity (Wildman–Crippen MR) is 72.2 cm³/mol. The van der Waals surface area contributed by atoms with Crippen molar-refractivity contribution in [3.8, 4) is 0 Å². The van der Waals surface area contributed by atoms with Gasteiger partial charge in [0.05, 0.1) is 25.7 Å². The number of hydrogen-bond acceptors (Lipinski definition) is 5. The normalized spacial score (nSPS) is 18.7. The van der Waals surface area contributed by atoms with E-state index in [1.54, 1.807) is 6.92 Å². The van der Waals surface area contributed by atoms with E-state index < -0.39 is 11.9 Å². The highest BCUT2D eigenvalue weighted by atomic mass is 16.5. The molecule has 1 saturated heterocycles. The Hall–Kier alpha value is -0.690. The number of morpholine rings is 1. The Bertz CT molecular complexity index is 257. The summed E-state index contributed by atoms with van der Waals surface area (Å²) in [6.07, 6.45) is 0.992. The highest BCUT2D eigenvalue weighted by Crippen LogP contribution is 2.03. The molecule has 1 heterocycles. The minimum absolute atomic E-state index is 0.0733. The average Bonchev–Trinajstić information content (AvgIpc) is 2.40. The first kappa shape index (κ1) is 16.4. The maximum atomic E-state index is 10.8. The van der Waals surface area contributed by atoms with E-state index >= 15 is 0 Å². The van der Waals surface area contributed by atoms with E-state index in [0.717, 1.165) is 45.8 Å². The van der Waals surface area contributed by atoms with Gasteiger partial charge in [-0.05, 0) is 19.5 Å². The van der Waals surface area contributed by atoms with Crippen molar-refractivity contribution < 1.29 is 19.7 Å². The molecular formula is C13H26N2O4. The number of nitrogens with zero attached hydrogens (tertiary/aromatic N) is 2. The number of carboxylic acids is 1. The number of aliphatic carboxylic acids is 1. The quantitative estimate of drug-likeness (QED) is 0.603. The van der Waals surface area contributed by atoms with Crippen molar-refractivity contribution in [2.24, 2.45) is 5.92 Å². The molecule has 1 atom stereocenters. The fourth-order valence-electron chi connectivity index (χ4n) is 2.24. The van der Waals surface area contributed by atoms with Gasteiger partial charge in [0.25, 0.3) is 0 Å². The van der Waals surface area contributed by atoms with E-state index in [4.69, 9.17) is 14.9 Å². The first-order valence-electron chi connectivity index (χ1n) is 6.99. The van der Waals surface area contributed by atoms with E-state index in [1.165, 1.54) is 0 Å². The van der Waals surface area contributed by atoms with Crippen LogP contribution in [0.1, 0.15) is 13.3 Å². The molecule has 0 aromatic rings. The van der Waals surface area contributed by atoms with Crippen LogP contribution in [0.5, 0.6) is 0 Å². The third kappa shape index (κ3) is 6.87. The molecule has 0 aromatic carbocycles. The first-order valence-corrected chi connectivity index (χ1v) is 6.99. The summed E-state index contributed by atoms with van der Waals surface area (Å²) < 4.78 is 5.29. The minimum Gasteiger partial charge on any atom is -0.481 e. The van der Waals surface area contributed by atoms with Gasteiger partial charge in [-0.2, -0.15) is 0 Å². The Kier molecular flexibility index (Phi) is 7.97. The summed E-state index contributed by atoms with van der Waals surface area (Å²) in [6.45, 7) is 8.21. The summed E-state index contributed by atoms with van der Waals surface area (Å²) in [7, 11) is 0. The van der Waals surface area contributed by atoms with Crippen LogP contribution in [0.25, 0.3) is 0 Å². The van der Waals surface area contributed by atoms with Crippen molar-refractivity contribution in [3.63, 3.8) is 0 Å². The molecule has 6 nitrogen and oxygen atoms in total. The van der Waals surface area contributed by atoms with Crippen molar-refractivity contribution in [2.45, 2.75) is 13.3 Å². The van der Waals surface area contributed by atoms with E-state index in [1.807, 2.05) is 4.90 Å². The van der Waals surface area contributed by atoms with Crippen LogP contribution in [0.3, 0.4) is 0 Å². The lowest BCUT2D eigenvalue weighted by Gasteiger charge is -2.28. The van der Waals surface area contributed by atoms with Gasteiger partial charge >= 0.3 is 5.97 Å². The van der Waals surface area contributed by atoms with Crippen molar-refractivity contribution in [1.82, 2.24) is 9.80 Å². The third-order valence-electron chi connectivity index (χ3n) is 3.42. The molecule has 1 unspecified atom stereocenters. The number of ether oxygens (including phenoxy) is 1. The smallest absolute Gasteiger partial charge is 0.307 e. The fraction of sp³-hybridized carbons (Fsp3) is 0.923. The minimum atomic E-state index is -0.781. The van der Waals surface area contributed by atoms with Crippen LogP contribution in [0, 0.1) is 5.92 Å². The first-order chi connectivity index (χ1) is 9.13. The summed E-state index contributed by atoms with van der Waals surface area (Å²) >= 11 is 0. The SMILES string of the molecule is CC(CN(CCO)CCCN1CCOCC1)C(=O)O. The summed E-state index contributed by atoms with van der Waals surface area (Å²) in [5.41, 5.74) is 0. The number of aliphatic hydroxyl groups is 1. The van der Waals surface area contributed by atoms with E-state index in [9.17, 15) is 4.79 Å². The van der Waals surface area contributed by atoms with Gasteiger partial charge < -0.3 is 19.8 Å². The number of aliphatic hydroxyl groups excluding tert-OH is 1. The molecule has 1 aliphatic heterocycles. The molecule has 0 aliphatic carbocycles.